The molecule has 1 atom stereocenters. The fourth-order valence-corrected chi connectivity index (χ4v) is 3.68. The standard InChI is InChI=1S/C19H25N3O4S2/c1-12-7-9-22(10-8-12)19(27)28-11-16(23)26-13(2)18(25)21-15-5-3-14(4-6-15)17(20)24/h3-6,12-13H,7-11H2,1-2H3,(H2,20,24)(H,21,25)/t13-/m0/s1. The highest BCUT2D eigenvalue weighted by Crippen LogP contribution is 2.20. The van der Waals surface area contributed by atoms with Gasteiger partial charge in [0.1, 0.15) is 4.32 Å². The van der Waals surface area contributed by atoms with Crippen LogP contribution in [-0.4, -0.2) is 52.0 Å². The predicted octanol–water partition coefficient (Wildman–Crippen LogP) is 2.41. The van der Waals surface area contributed by atoms with Gasteiger partial charge in [-0.05, 0) is 49.9 Å². The SMILES string of the molecule is CC1CCN(C(=S)SCC(=O)O[C@@H](C)C(=O)Nc2ccc(C(N)=O)cc2)CC1. The second-order valence-corrected chi connectivity index (χ2v) is 8.40. The largest absolute Gasteiger partial charge is 0.452 e. The van der Waals surface area contributed by atoms with E-state index in [0.717, 1.165) is 25.9 Å². The Bertz CT molecular complexity index is 731. The van der Waals surface area contributed by atoms with E-state index in [1.807, 2.05) is 0 Å². The summed E-state index contributed by atoms with van der Waals surface area (Å²) in [7, 11) is 0. The summed E-state index contributed by atoms with van der Waals surface area (Å²) in [5.74, 6) is -0.729. The summed E-state index contributed by atoms with van der Waals surface area (Å²) in [6.07, 6.45) is 1.25. The van der Waals surface area contributed by atoms with Gasteiger partial charge in [0.15, 0.2) is 6.10 Å². The molecule has 0 unspecified atom stereocenters. The Morgan fingerprint density at radius 2 is 1.89 bits per heavy atom. The zero-order valence-corrected chi connectivity index (χ0v) is 17.6. The number of rotatable bonds is 6. The van der Waals surface area contributed by atoms with Crippen LogP contribution in [0.5, 0.6) is 0 Å². The van der Waals surface area contributed by atoms with Crippen molar-refractivity contribution in [2.75, 3.05) is 24.2 Å². The summed E-state index contributed by atoms with van der Waals surface area (Å²) < 4.78 is 5.87. The number of nitrogens with one attached hydrogen (secondary N) is 1. The lowest BCUT2D eigenvalue weighted by Gasteiger charge is -2.31. The summed E-state index contributed by atoms with van der Waals surface area (Å²) >= 11 is 6.64. The van der Waals surface area contributed by atoms with Crippen LogP contribution in [0.1, 0.15) is 37.0 Å². The van der Waals surface area contributed by atoms with Crippen molar-refractivity contribution in [3.8, 4) is 0 Å². The maximum Gasteiger partial charge on any atom is 0.317 e. The number of carbonyl (C=O) groups excluding carboxylic acids is 3. The lowest BCUT2D eigenvalue weighted by molar-refractivity contribution is -0.150. The Labute approximate surface area is 174 Å². The average Bonchev–Trinajstić information content (AvgIpc) is 2.67. The van der Waals surface area contributed by atoms with Gasteiger partial charge >= 0.3 is 5.97 Å². The van der Waals surface area contributed by atoms with E-state index in [1.54, 1.807) is 12.1 Å². The third-order valence-electron chi connectivity index (χ3n) is 4.47. The van der Waals surface area contributed by atoms with E-state index in [1.165, 1.54) is 30.8 Å². The molecule has 1 heterocycles. The molecule has 2 rings (SSSR count). The first kappa shape index (κ1) is 22.2. The number of benzene rings is 1. The summed E-state index contributed by atoms with van der Waals surface area (Å²) in [6.45, 7) is 5.55. The van der Waals surface area contributed by atoms with Gasteiger partial charge in [-0.1, -0.05) is 30.9 Å². The van der Waals surface area contributed by atoms with Crippen LogP contribution in [0.25, 0.3) is 0 Å². The van der Waals surface area contributed by atoms with Crippen LogP contribution < -0.4 is 11.1 Å². The molecule has 7 nitrogen and oxygen atoms in total. The highest BCUT2D eigenvalue weighted by Gasteiger charge is 2.21. The van der Waals surface area contributed by atoms with Crippen LogP contribution in [0.4, 0.5) is 5.69 Å². The van der Waals surface area contributed by atoms with Gasteiger partial charge in [0, 0.05) is 24.3 Å². The van der Waals surface area contributed by atoms with E-state index >= 15 is 0 Å². The quantitative estimate of drug-likeness (QED) is 0.535. The van der Waals surface area contributed by atoms with E-state index in [0.29, 0.717) is 21.5 Å². The number of ether oxygens (including phenoxy) is 1. The molecule has 1 aromatic rings. The minimum Gasteiger partial charge on any atom is -0.452 e. The van der Waals surface area contributed by atoms with Crippen LogP contribution in [-0.2, 0) is 14.3 Å². The smallest absolute Gasteiger partial charge is 0.317 e. The van der Waals surface area contributed by atoms with Crippen molar-refractivity contribution < 1.29 is 19.1 Å². The monoisotopic (exact) mass is 423 g/mol. The predicted molar refractivity (Wildman–Crippen MR) is 114 cm³/mol. The van der Waals surface area contributed by atoms with Crippen LogP contribution in [0.3, 0.4) is 0 Å². The first-order valence-electron chi connectivity index (χ1n) is 9.08. The Hall–Kier alpha value is -2.13. The van der Waals surface area contributed by atoms with Gasteiger partial charge in [0.05, 0.1) is 5.75 Å². The molecule has 1 fully saturated rings. The van der Waals surface area contributed by atoms with Crippen molar-refractivity contribution in [2.45, 2.75) is 32.8 Å². The lowest BCUT2D eigenvalue weighted by Crippen LogP contribution is -2.36. The van der Waals surface area contributed by atoms with Gasteiger partial charge in [0.2, 0.25) is 5.91 Å². The van der Waals surface area contributed by atoms with E-state index in [4.69, 9.17) is 22.7 Å². The summed E-state index contributed by atoms with van der Waals surface area (Å²) in [5.41, 5.74) is 5.99. The van der Waals surface area contributed by atoms with Crippen LogP contribution >= 0.6 is 24.0 Å². The molecule has 0 bridgehead atoms. The molecule has 1 aromatic carbocycles. The molecule has 0 saturated carbocycles. The molecule has 0 radical (unpaired) electrons. The number of nitrogens with two attached hydrogens (primary N) is 1. The Kier molecular flexibility index (Phi) is 8.25. The van der Waals surface area contributed by atoms with Crippen LogP contribution in [0.15, 0.2) is 24.3 Å². The molecule has 3 N–H and O–H groups in total. The van der Waals surface area contributed by atoms with Crippen LogP contribution in [0.2, 0.25) is 0 Å². The molecule has 0 aromatic heterocycles. The Morgan fingerprint density at radius 3 is 2.46 bits per heavy atom. The number of carbonyl (C=O) groups is 3. The number of hydrogen-bond donors (Lipinski definition) is 2. The zero-order valence-electron chi connectivity index (χ0n) is 16.0. The van der Waals surface area contributed by atoms with Gasteiger partial charge < -0.3 is 20.7 Å². The molecule has 28 heavy (non-hydrogen) atoms. The van der Waals surface area contributed by atoms with E-state index < -0.39 is 23.9 Å². The van der Waals surface area contributed by atoms with Gasteiger partial charge in [0.25, 0.3) is 5.91 Å². The van der Waals surface area contributed by atoms with Crippen molar-refractivity contribution in [3.63, 3.8) is 0 Å². The zero-order chi connectivity index (χ0) is 20.7. The number of anilines is 1. The van der Waals surface area contributed by atoms with Crippen molar-refractivity contribution in [2.24, 2.45) is 11.7 Å². The van der Waals surface area contributed by atoms with Crippen molar-refractivity contribution in [1.82, 2.24) is 4.90 Å². The molecule has 0 spiro atoms. The maximum absolute atomic E-state index is 12.2. The number of thiocarbonyl (C=S) groups is 1. The normalized spacial score (nSPS) is 15.6. The topological polar surface area (TPSA) is 102 Å². The molecule has 0 aliphatic carbocycles. The van der Waals surface area contributed by atoms with E-state index in [2.05, 4.69) is 17.1 Å². The fourth-order valence-electron chi connectivity index (χ4n) is 2.65. The van der Waals surface area contributed by atoms with Crippen molar-refractivity contribution >= 4 is 51.8 Å². The number of thioether (sulfide) groups is 1. The number of amides is 2. The molecular formula is C19H25N3O4S2. The fraction of sp³-hybridized carbons (Fsp3) is 0.474. The van der Waals surface area contributed by atoms with Crippen molar-refractivity contribution in [1.29, 1.82) is 0 Å². The lowest BCUT2D eigenvalue weighted by atomic mass is 10.00. The molecular weight excluding hydrogens is 398 g/mol. The summed E-state index contributed by atoms with van der Waals surface area (Å²) in [6, 6.07) is 6.13. The minimum atomic E-state index is -0.951. The van der Waals surface area contributed by atoms with Crippen molar-refractivity contribution in [3.05, 3.63) is 29.8 Å². The molecule has 2 amide bonds. The highest BCUT2D eigenvalue weighted by molar-refractivity contribution is 8.23. The molecule has 1 aliphatic rings. The molecule has 9 heteroatoms. The van der Waals surface area contributed by atoms with Crippen LogP contribution in [0, 0.1) is 5.92 Å². The number of hydrogen-bond acceptors (Lipinski definition) is 6. The molecule has 1 saturated heterocycles. The Morgan fingerprint density at radius 1 is 1.29 bits per heavy atom. The minimum absolute atomic E-state index is 0.0653. The third-order valence-corrected chi connectivity index (χ3v) is 5.97. The van der Waals surface area contributed by atoms with Gasteiger partial charge in [-0.3, -0.25) is 14.4 Å². The highest BCUT2D eigenvalue weighted by atomic mass is 32.2. The first-order valence-corrected chi connectivity index (χ1v) is 10.5. The number of primary amides is 1. The van der Waals surface area contributed by atoms with E-state index in [9.17, 15) is 14.4 Å². The summed E-state index contributed by atoms with van der Waals surface area (Å²) in [4.78, 5) is 37.3. The third kappa shape index (κ3) is 6.79. The van der Waals surface area contributed by atoms with Gasteiger partial charge in [-0.2, -0.15) is 0 Å². The second kappa shape index (κ2) is 10.4. The number of piperidine rings is 1. The molecule has 152 valence electrons. The summed E-state index contributed by atoms with van der Waals surface area (Å²) in [5, 5.41) is 2.62. The Balaban J connectivity index is 1.74. The van der Waals surface area contributed by atoms with E-state index in [-0.39, 0.29) is 5.75 Å². The first-order chi connectivity index (χ1) is 13.3. The maximum atomic E-state index is 12.2. The number of esters is 1. The second-order valence-electron chi connectivity index (χ2n) is 6.79. The molecule has 1 aliphatic heterocycles. The van der Waals surface area contributed by atoms with Gasteiger partial charge in [-0.25, -0.2) is 0 Å². The number of nitrogens with zero attached hydrogens (tertiary/aromatic N) is 1. The number of likely N-dealkylation sites (tertiary alicyclic amines) is 1. The van der Waals surface area contributed by atoms with Gasteiger partial charge in [-0.15, -0.1) is 0 Å². The average molecular weight is 424 g/mol.